The fourth-order valence-electron chi connectivity index (χ4n) is 3.29. The maximum atomic E-state index is 13.3. The van der Waals surface area contributed by atoms with Crippen LogP contribution in [0.3, 0.4) is 0 Å². The Labute approximate surface area is 154 Å². The number of benzene rings is 2. The molecule has 136 valence electrons. The molecule has 1 aliphatic heterocycles. The second-order valence-corrected chi connectivity index (χ2v) is 8.69. The number of fused-ring (bicyclic) bond motifs is 1. The first-order valence-electron chi connectivity index (χ1n) is 8.32. The van der Waals surface area contributed by atoms with E-state index in [2.05, 4.69) is 6.58 Å². The van der Waals surface area contributed by atoms with Crippen LogP contribution in [-0.4, -0.2) is 27.9 Å². The van der Waals surface area contributed by atoms with Gasteiger partial charge >= 0.3 is 0 Å². The van der Waals surface area contributed by atoms with Crippen molar-refractivity contribution in [2.45, 2.75) is 24.2 Å². The van der Waals surface area contributed by atoms with Crippen LogP contribution in [0.1, 0.15) is 19.4 Å². The largest absolute Gasteiger partial charge is 0.314 e. The first kappa shape index (κ1) is 18.2. The number of amides is 1. The van der Waals surface area contributed by atoms with Crippen molar-refractivity contribution in [3.8, 4) is 0 Å². The molecule has 0 radical (unpaired) electrons. The third kappa shape index (κ3) is 2.70. The molecule has 26 heavy (non-hydrogen) atoms. The van der Waals surface area contributed by atoms with Crippen molar-refractivity contribution < 1.29 is 13.2 Å². The molecule has 0 unspecified atom stereocenters. The van der Waals surface area contributed by atoms with Gasteiger partial charge in [-0.3, -0.25) is 9.10 Å². The summed E-state index contributed by atoms with van der Waals surface area (Å²) in [5.74, 6) is -0.0481. The van der Waals surface area contributed by atoms with Crippen molar-refractivity contribution in [3.05, 3.63) is 66.7 Å². The van der Waals surface area contributed by atoms with Crippen molar-refractivity contribution in [2.75, 3.05) is 22.8 Å². The number of carbonyl (C=O) groups excluding carboxylic acids is 1. The van der Waals surface area contributed by atoms with E-state index >= 15 is 0 Å². The quantitative estimate of drug-likeness (QED) is 0.759. The molecule has 0 bridgehead atoms. The van der Waals surface area contributed by atoms with Crippen molar-refractivity contribution in [3.63, 3.8) is 0 Å². The van der Waals surface area contributed by atoms with Gasteiger partial charge in [0.1, 0.15) is 0 Å². The number of nitrogens with zero attached hydrogens (tertiary/aromatic N) is 2. The third-order valence-corrected chi connectivity index (χ3v) is 6.56. The molecule has 0 spiro atoms. The van der Waals surface area contributed by atoms with Gasteiger partial charge in [-0.2, -0.15) is 0 Å². The standard InChI is InChI=1S/C20H22N2O3S/c1-5-13-22(15-9-7-6-8-10-15)26(24,25)16-11-12-18-17(14-16)20(2,3)19(23)21(18)4/h5-12,14H,1,13H2,2-4H3. The normalized spacial score (nSPS) is 15.7. The van der Waals surface area contributed by atoms with E-state index in [1.54, 1.807) is 60.5 Å². The summed E-state index contributed by atoms with van der Waals surface area (Å²) >= 11 is 0. The molecular weight excluding hydrogens is 348 g/mol. The minimum absolute atomic E-state index is 0.0481. The van der Waals surface area contributed by atoms with Gasteiger partial charge in [0, 0.05) is 12.7 Å². The van der Waals surface area contributed by atoms with Gasteiger partial charge in [-0.05, 0) is 49.7 Å². The molecule has 6 heteroatoms. The molecule has 1 heterocycles. The van der Waals surface area contributed by atoms with E-state index in [0.717, 1.165) is 11.3 Å². The zero-order chi connectivity index (χ0) is 19.1. The first-order valence-corrected chi connectivity index (χ1v) is 9.76. The van der Waals surface area contributed by atoms with Gasteiger partial charge in [0.25, 0.3) is 10.0 Å². The van der Waals surface area contributed by atoms with E-state index in [1.807, 2.05) is 19.9 Å². The Kier molecular flexibility index (Phi) is 4.40. The predicted molar refractivity (Wildman–Crippen MR) is 104 cm³/mol. The Balaban J connectivity index is 2.12. The van der Waals surface area contributed by atoms with Crippen LogP contribution in [0.5, 0.6) is 0 Å². The third-order valence-electron chi connectivity index (χ3n) is 4.77. The second kappa shape index (κ2) is 6.29. The average molecular weight is 370 g/mol. The fraction of sp³-hybridized carbons (Fsp3) is 0.250. The summed E-state index contributed by atoms with van der Waals surface area (Å²) in [6.07, 6.45) is 1.55. The summed E-state index contributed by atoms with van der Waals surface area (Å²) in [5.41, 5.74) is 1.28. The van der Waals surface area contributed by atoms with Crippen molar-refractivity contribution in [2.24, 2.45) is 0 Å². The Morgan fingerprint density at radius 1 is 1.15 bits per heavy atom. The van der Waals surface area contributed by atoms with Gasteiger partial charge in [0.15, 0.2) is 0 Å². The van der Waals surface area contributed by atoms with Gasteiger partial charge < -0.3 is 4.90 Å². The highest BCUT2D eigenvalue weighted by Crippen LogP contribution is 2.42. The first-order chi connectivity index (χ1) is 12.2. The highest BCUT2D eigenvalue weighted by atomic mass is 32.2. The lowest BCUT2D eigenvalue weighted by Gasteiger charge is -2.24. The zero-order valence-electron chi connectivity index (χ0n) is 15.1. The molecule has 3 rings (SSSR count). The topological polar surface area (TPSA) is 57.7 Å². The molecule has 0 atom stereocenters. The summed E-state index contributed by atoms with van der Waals surface area (Å²) in [7, 11) is -2.08. The smallest absolute Gasteiger partial charge is 0.264 e. The second-order valence-electron chi connectivity index (χ2n) is 6.83. The lowest BCUT2D eigenvalue weighted by molar-refractivity contribution is -0.121. The molecule has 0 N–H and O–H groups in total. The summed E-state index contributed by atoms with van der Waals surface area (Å²) in [6.45, 7) is 7.46. The molecule has 5 nitrogen and oxygen atoms in total. The van der Waals surface area contributed by atoms with Crippen molar-refractivity contribution in [1.82, 2.24) is 0 Å². The van der Waals surface area contributed by atoms with Crippen molar-refractivity contribution in [1.29, 1.82) is 0 Å². The Hall–Kier alpha value is -2.60. The fourth-order valence-corrected chi connectivity index (χ4v) is 4.76. The predicted octanol–water partition coefficient (Wildman–Crippen LogP) is 3.32. The van der Waals surface area contributed by atoms with Gasteiger partial charge in [-0.25, -0.2) is 8.42 Å². The molecule has 0 aliphatic carbocycles. The van der Waals surface area contributed by atoms with Crippen LogP contribution in [0.25, 0.3) is 0 Å². The maximum Gasteiger partial charge on any atom is 0.264 e. The van der Waals surface area contributed by atoms with E-state index in [-0.39, 0.29) is 17.3 Å². The van der Waals surface area contributed by atoms with E-state index in [1.165, 1.54) is 4.31 Å². The number of sulfonamides is 1. The van der Waals surface area contributed by atoms with Crippen LogP contribution >= 0.6 is 0 Å². The van der Waals surface area contributed by atoms with Crippen molar-refractivity contribution >= 4 is 27.3 Å². The molecular formula is C20H22N2O3S. The number of carbonyl (C=O) groups is 1. The molecule has 2 aromatic carbocycles. The lowest BCUT2D eigenvalue weighted by Crippen LogP contribution is -2.33. The zero-order valence-corrected chi connectivity index (χ0v) is 16.0. The van der Waals surface area contributed by atoms with Crippen LogP contribution in [0.15, 0.2) is 66.1 Å². The van der Waals surface area contributed by atoms with E-state index in [4.69, 9.17) is 0 Å². The number of anilines is 2. The Morgan fingerprint density at radius 2 is 1.81 bits per heavy atom. The van der Waals surface area contributed by atoms with Gasteiger partial charge in [0.2, 0.25) is 5.91 Å². The van der Waals surface area contributed by atoms with Crippen LogP contribution in [0.2, 0.25) is 0 Å². The monoisotopic (exact) mass is 370 g/mol. The maximum absolute atomic E-state index is 13.3. The highest BCUT2D eigenvalue weighted by molar-refractivity contribution is 7.92. The molecule has 1 amide bonds. The average Bonchev–Trinajstić information content (AvgIpc) is 2.80. The molecule has 0 fully saturated rings. The Morgan fingerprint density at radius 3 is 2.42 bits per heavy atom. The van der Waals surface area contributed by atoms with Crippen LogP contribution in [0.4, 0.5) is 11.4 Å². The number of hydrogen-bond donors (Lipinski definition) is 0. The molecule has 0 saturated heterocycles. The van der Waals surface area contributed by atoms with Crippen LogP contribution in [-0.2, 0) is 20.2 Å². The molecule has 1 aliphatic rings. The minimum Gasteiger partial charge on any atom is -0.314 e. The SMILES string of the molecule is C=CCN(c1ccccc1)S(=O)(=O)c1ccc2c(c1)C(C)(C)C(=O)N2C. The number of rotatable bonds is 5. The van der Waals surface area contributed by atoms with Gasteiger partial charge in [0.05, 0.1) is 22.5 Å². The van der Waals surface area contributed by atoms with E-state index in [0.29, 0.717) is 5.69 Å². The highest BCUT2D eigenvalue weighted by Gasteiger charge is 2.43. The van der Waals surface area contributed by atoms with Gasteiger partial charge in [-0.1, -0.05) is 24.3 Å². The number of para-hydroxylation sites is 1. The summed E-state index contributed by atoms with van der Waals surface area (Å²) in [6, 6.07) is 13.8. The van der Waals surface area contributed by atoms with Crippen LogP contribution in [0, 0.1) is 0 Å². The number of hydrogen-bond acceptors (Lipinski definition) is 3. The van der Waals surface area contributed by atoms with E-state index in [9.17, 15) is 13.2 Å². The summed E-state index contributed by atoms with van der Waals surface area (Å²) < 4.78 is 27.9. The Bertz CT molecular complexity index is 966. The summed E-state index contributed by atoms with van der Waals surface area (Å²) in [4.78, 5) is 14.2. The lowest BCUT2D eigenvalue weighted by atomic mass is 9.86. The molecule has 0 aromatic heterocycles. The number of likely N-dealkylation sites (N-methyl/N-ethyl adjacent to an activating group) is 1. The van der Waals surface area contributed by atoms with E-state index < -0.39 is 15.4 Å². The van der Waals surface area contributed by atoms with Gasteiger partial charge in [-0.15, -0.1) is 6.58 Å². The van der Waals surface area contributed by atoms with Crippen LogP contribution < -0.4 is 9.21 Å². The molecule has 0 saturated carbocycles. The minimum atomic E-state index is -3.79. The summed E-state index contributed by atoms with van der Waals surface area (Å²) in [5, 5.41) is 0. The molecule has 2 aromatic rings.